The molecule has 1 heterocycles. The Kier molecular flexibility index (Phi) is 5.14. The number of hydrogen-bond acceptors (Lipinski definition) is 2. The van der Waals surface area contributed by atoms with Crippen molar-refractivity contribution in [1.29, 1.82) is 0 Å². The highest BCUT2D eigenvalue weighted by molar-refractivity contribution is 7.09. The lowest BCUT2D eigenvalue weighted by molar-refractivity contribution is 0.129. The number of rotatable bonds is 7. The number of hydrogen-bond donors (Lipinski definition) is 0. The van der Waals surface area contributed by atoms with Crippen LogP contribution in [0.4, 0.5) is 0 Å². The zero-order valence-corrected chi connectivity index (χ0v) is 11.3. The standard InChI is InChI=1S/C13H20ClNS/c14-8-3-9-15(12-4-1-5-12)10-7-13-6-2-11-16-13/h2,6,11-12H,1,3-5,7-10H2. The van der Waals surface area contributed by atoms with Crippen molar-refractivity contribution in [2.45, 2.75) is 38.1 Å². The van der Waals surface area contributed by atoms with Crippen LogP contribution in [0.25, 0.3) is 0 Å². The van der Waals surface area contributed by atoms with Crippen LogP contribution < -0.4 is 0 Å². The molecule has 1 aromatic rings. The maximum absolute atomic E-state index is 5.79. The SMILES string of the molecule is ClCCCN(CCc1cccs1)C1CCC1. The molecular formula is C13H20ClNS. The predicted molar refractivity (Wildman–Crippen MR) is 72.6 cm³/mol. The summed E-state index contributed by atoms with van der Waals surface area (Å²) in [4.78, 5) is 4.15. The molecule has 0 aliphatic heterocycles. The maximum Gasteiger partial charge on any atom is 0.0235 e. The van der Waals surface area contributed by atoms with Gasteiger partial charge < -0.3 is 0 Å². The molecule has 2 rings (SSSR count). The highest BCUT2D eigenvalue weighted by atomic mass is 35.5. The summed E-state index contributed by atoms with van der Waals surface area (Å²) in [5.74, 6) is 0.794. The van der Waals surface area contributed by atoms with Crippen LogP contribution in [0.15, 0.2) is 17.5 Å². The number of halogens is 1. The van der Waals surface area contributed by atoms with E-state index < -0.39 is 0 Å². The zero-order chi connectivity index (χ0) is 11.2. The van der Waals surface area contributed by atoms with Crippen molar-refractivity contribution in [2.24, 2.45) is 0 Å². The Morgan fingerprint density at radius 2 is 2.25 bits per heavy atom. The van der Waals surface area contributed by atoms with E-state index in [1.54, 1.807) is 0 Å². The Hall–Kier alpha value is -0.0500. The van der Waals surface area contributed by atoms with E-state index in [-0.39, 0.29) is 0 Å². The van der Waals surface area contributed by atoms with E-state index in [4.69, 9.17) is 11.6 Å². The molecule has 0 amide bonds. The van der Waals surface area contributed by atoms with Crippen molar-refractivity contribution in [3.05, 3.63) is 22.4 Å². The second-order valence-electron chi connectivity index (χ2n) is 4.49. The molecule has 16 heavy (non-hydrogen) atoms. The van der Waals surface area contributed by atoms with Crippen molar-refractivity contribution in [2.75, 3.05) is 19.0 Å². The first-order chi connectivity index (χ1) is 7.90. The average Bonchev–Trinajstić information content (AvgIpc) is 2.72. The average molecular weight is 258 g/mol. The molecule has 1 nitrogen and oxygen atoms in total. The van der Waals surface area contributed by atoms with Crippen LogP contribution in [0.3, 0.4) is 0 Å². The van der Waals surface area contributed by atoms with E-state index in [1.807, 2.05) is 11.3 Å². The van der Waals surface area contributed by atoms with Crippen LogP contribution >= 0.6 is 22.9 Å². The molecule has 0 atom stereocenters. The van der Waals surface area contributed by atoms with E-state index in [2.05, 4.69) is 22.4 Å². The van der Waals surface area contributed by atoms with Gasteiger partial charge in [-0.25, -0.2) is 0 Å². The molecule has 0 spiro atoms. The molecule has 1 aliphatic rings. The highest BCUT2D eigenvalue weighted by Gasteiger charge is 2.23. The fourth-order valence-electron chi connectivity index (χ4n) is 2.20. The third kappa shape index (κ3) is 3.47. The molecule has 1 saturated carbocycles. The molecule has 3 heteroatoms. The molecule has 1 fully saturated rings. The maximum atomic E-state index is 5.79. The Balaban J connectivity index is 1.76. The first-order valence-corrected chi connectivity index (χ1v) is 7.64. The van der Waals surface area contributed by atoms with Crippen LogP contribution in [0, 0.1) is 0 Å². The second kappa shape index (κ2) is 6.63. The van der Waals surface area contributed by atoms with Gasteiger partial charge in [0.25, 0.3) is 0 Å². The summed E-state index contributed by atoms with van der Waals surface area (Å²) in [6.45, 7) is 2.39. The van der Waals surface area contributed by atoms with Crippen LogP contribution in [0.5, 0.6) is 0 Å². The Morgan fingerprint density at radius 1 is 1.38 bits per heavy atom. The molecule has 0 aromatic carbocycles. The summed E-state index contributed by atoms with van der Waals surface area (Å²) in [7, 11) is 0. The van der Waals surface area contributed by atoms with Gasteiger partial charge in [0.1, 0.15) is 0 Å². The van der Waals surface area contributed by atoms with Gasteiger partial charge in [0.15, 0.2) is 0 Å². The summed E-state index contributed by atoms with van der Waals surface area (Å²) in [6, 6.07) is 5.24. The fourth-order valence-corrected chi connectivity index (χ4v) is 3.02. The molecule has 0 N–H and O–H groups in total. The van der Waals surface area contributed by atoms with E-state index >= 15 is 0 Å². The van der Waals surface area contributed by atoms with Gasteiger partial charge in [-0.3, -0.25) is 4.90 Å². The van der Waals surface area contributed by atoms with Gasteiger partial charge in [0.05, 0.1) is 0 Å². The topological polar surface area (TPSA) is 3.24 Å². The van der Waals surface area contributed by atoms with Gasteiger partial charge in [0.2, 0.25) is 0 Å². The highest BCUT2D eigenvalue weighted by Crippen LogP contribution is 2.25. The monoisotopic (exact) mass is 257 g/mol. The molecular weight excluding hydrogens is 238 g/mol. The van der Waals surface area contributed by atoms with E-state index in [1.165, 1.54) is 43.6 Å². The Labute approximate surface area is 107 Å². The third-order valence-corrected chi connectivity index (χ3v) is 4.60. The largest absolute Gasteiger partial charge is 0.300 e. The van der Waals surface area contributed by atoms with Gasteiger partial charge in [-0.1, -0.05) is 12.5 Å². The van der Waals surface area contributed by atoms with Crippen LogP contribution in [-0.2, 0) is 6.42 Å². The molecule has 1 aromatic heterocycles. The fraction of sp³-hybridized carbons (Fsp3) is 0.692. The normalized spacial score (nSPS) is 16.6. The lowest BCUT2D eigenvalue weighted by atomic mass is 9.91. The van der Waals surface area contributed by atoms with Crippen molar-refractivity contribution >= 4 is 22.9 Å². The van der Waals surface area contributed by atoms with Gasteiger partial charge in [-0.2, -0.15) is 0 Å². The molecule has 0 saturated heterocycles. The van der Waals surface area contributed by atoms with E-state index in [0.717, 1.165) is 18.3 Å². The first kappa shape index (κ1) is 12.4. The smallest absolute Gasteiger partial charge is 0.0235 e. The zero-order valence-electron chi connectivity index (χ0n) is 9.70. The number of alkyl halides is 1. The molecule has 90 valence electrons. The minimum atomic E-state index is 0.794. The molecule has 1 aliphatic carbocycles. The summed E-state index contributed by atoms with van der Waals surface area (Å²) in [5, 5.41) is 2.17. The minimum Gasteiger partial charge on any atom is -0.300 e. The van der Waals surface area contributed by atoms with Crippen molar-refractivity contribution < 1.29 is 0 Å². The summed E-state index contributed by atoms with van der Waals surface area (Å²) in [5.41, 5.74) is 0. The van der Waals surface area contributed by atoms with Crippen LogP contribution in [-0.4, -0.2) is 29.9 Å². The summed E-state index contributed by atoms with van der Waals surface area (Å²) in [6.07, 6.45) is 6.54. The number of nitrogens with zero attached hydrogens (tertiary/aromatic N) is 1. The molecule has 0 unspecified atom stereocenters. The van der Waals surface area contributed by atoms with E-state index in [0.29, 0.717) is 0 Å². The lowest BCUT2D eigenvalue weighted by Gasteiger charge is -2.37. The summed E-state index contributed by atoms with van der Waals surface area (Å²) >= 11 is 7.66. The van der Waals surface area contributed by atoms with E-state index in [9.17, 15) is 0 Å². The third-order valence-electron chi connectivity index (χ3n) is 3.40. The van der Waals surface area contributed by atoms with Gasteiger partial charge >= 0.3 is 0 Å². The molecule has 0 radical (unpaired) electrons. The lowest BCUT2D eigenvalue weighted by Crippen LogP contribution is -2.41. The van der Waals surface area contributed by atoms with Crippen LogP contribution in [0.2, 0.25) is 0 Å². The Morgan fingerprint density at radius 3 is 2.81 bits per heavy atom. The predicted octanol–water partition coefficient (Wildman–Crippen LogP) is 3.77. The number of thiophene rings is 1. The van der Waals surface area contributed by atoms with Gasteiger partial charge in [-0.05, 0) is 43.7 Å². The van der Waals surface area contributed by atoms with Crippen molar-refractivity contribution in [3.63, 3.8) is 0 Å². The molecule has 0 bridgehead atoms. The van der Waals surface area contributed by atoms with Crippen LogP contribution in [0.1, 0.15) is 30.6 Å². The first-order valence-electron chi connectivity index (χ1n) is 6.22. The van der Waals surface area contributed by atoms with Gasteiger partial charge in [0, 0.05) is 23.3 Å². The second-order valence-corrected chi connectivity index (χ2v) is 5.90. The summed E-state index contributed by atoms with van der Waals surface area (Å²) < 4.78 is 0. The Bertz CT molecular complexity index is 282. The van der Waals surface area contributed by atoms with Crippen molar-refractivity contribution in [1.82, 2.24) is 4.90 Å². The van der Waals surface area contributed by atoms with Crippen molar-refractivity contribution in [3.8, 4) is 0 Å². The minimum absolute atomic E-state index is 0.794. The van der Waals surface area contributed by atoms with Gasteiger partial charge in [-0.15, -0.1) is 22.9 Å². The quantitative estimate of drug-likeness (QED) is 0.672.